The molecule has 21 heavy (non-hydrogen) atoms. The number of hydrogen-bond acceptors (Lipinski definition) is 1. The molecular weight excluding hydrogens is 254 g/mol. The minimum atomic E-state index is 0.473. The molecule has 0 saturated heterocycles. The minimum absolute atomic E-state index is 0.473. The van der Waals surface area contributed by atoms with Gasteiger partial charge in [-0.05, 0) is 30.5 Å². The van der Waals surface area contributed by atoms with E-state index in [1.807, 2.05) is 27.7 Å². The maximum absolute atomic E-state index is 5.63. The lowest BCUT2D eigenvalue weighted by atomic mass is 9.87. The molecule has 2 aromatic carbocycles. The van der Waals surface area contributed by atoms with E-state index in [9.17, 15) is 0 Å². The molecule has 0 aliphatic carbocycles. The average Bonchev–Trinajstić information content (AvgIpc) is 2.61. The highest BCUT2D eigenvalue weighted by Gasteiger charge is 2.12. The normalized spacial score (nSPS) is 9.24. The fourth-order valence-electron chi connectivity index (χ4n) is 2.22. The van der Waals surface area contributed by atoms with Crippen LogP contribution in [0.1, 0.15) is 57.6 Å². The van der Waals surface area contributed by atoms with Crippen molar-refractivity contribution in [1.82, 2.24) is 0 Å². The molecule has 0 amide bonds. The molecule has 1 nitrogen and oxygen atoms in total. The van der Waals surface area contributed by atoms with E-state index in [2.05, 4.69) is 60.7 Å². The van der Waals surface area contributed by atoms with Crippen LogP contribution in [0.15, 0.2) is 60.7 Å². The van der Waals surface area contributed by atoms with Gasteiger partial charge in [-0.1, -0.05) is 88.4 Å². The number of hydrogen-bond donors (Lipinski definition) is 1. The fraction of sp³-hybridized carbons (Fsp3) is 0.400. The van der Waals surface area contributed by atoms with Gasteiger partial charge in [0, 0.05) is 5.92 Å². The van der Waals surface area contributed by atoms with E-state index < -0.39 is 0 Å². The molecule has 0 spiro atoms. The first-order valence-electron chi connectivity index (χ1n) is 8.22. The molecule has 0 bridgehead atoms. The predicted molar refractivity (Wildman–Crippen MR) is 95.7 cm³/mol. The Morgan fingerprint density at radius 3 is 1.43 bits per heavy atom. The van der Waals surface area contributed by atoms with E-state index in [4.69, 9.17) is 5.73 Å². The van der Waals surface area contributed by atoms with Crippen LogP contribution in [-0.4, -0.2) is 6.54 Å². The summed E-state index contributed by atoms with van der Waals surface area (Å²) < 4.78 is 0. The van der Waals surface area contributed by atoms with E-state index in [0.717, 1.165) is 19.4 Å². The Hall–Kier alpha value is -1.60. The molecular formula is C20H31N. The van der Waals surface area contributed by atoms with Gasteiger partial charge in [-0.25, -0.2) is 0 Å². The smallest absolute Gasteiger partial charge is 0.00898 e. The third-order valence-corrected chi connectivity index (χ3v) is 3.10. The van der Waals surface area contributed by atoms with Crippen molar-refractivity contribution in [2.45, 2.75) is 46.5 Å². The van der Waals surface area contributed by atoms with Crippen LogP contribution in [0.25, 0.3) is 0 Å². The zero-order valence-electron chi connectivity index (χ0n) is 14.0. The van der Waals surface area contributed by atoms with Crippen LogP contribution in [0, 0.1) is 0 Å². The van der Waals surface area contributed by atoms with Gasteiger partial charge in [0.05, 0.1) is 0 Å². The quantitative estimate of drug-likeness (QED) is 0.759. The topological polar surface area (TPSA) is 26.0 Å². The first kappa shape index (κ1) is 19.4. The highest BCUT2D eigenvalue weighted by atomic mass is 14.5. The summed E-state index contributed by atoms with van der Waals surface area (Å²) in [7, 11) is 0. The van der Waals surface area contributed by atoms with E-state index >= 15 is 0 Å². The molecule has 0 atom stereocenters. The minimum Gasteiger partial charge on any atom is -0.330 e. The Morgan fingerprint density at radius 2 is 1.10 bits per heavy atom. The summed E-state index contributed by atoms with van der Waals surface area (Å²) in [6.45, 7) is 8.76. The third kappa shape index (κ3) is 7.10. The zero-order valence-corrected chi connectivity index (χ0v) is 14.0. The van der Waals surface area contributed by atoms with E-state index in [0.29, 0.717) is 5.92 Å². The van der Waals surface area contributed by atoms with Gasteiger partial charge >= 0.3 is 0 Å². The van der Waals surface area contributed by atoms with Gasteiger partial charge < -0.3 is 5.73 Å². The van der Waals surface area contributed by atoms with Crippen molar-refractivity contribution in [3.8, 4) is 0 Å². The molecule has 2 aromatic rings. The lowest BCUT2D eigenvalue weighted by Crippen LogP contribution is -2.05. The van der Waals surface area contributed by atoms with Crippen LogP contribution in [0.3, 0.4) is 0 Å². The van der Waals surface area contributed by atoms with Crippen LogP contribution in [0.4, 0.5) is 0 Å². The van der Waals surface area contributed by atoms with Crippen LogP contribution in [-0.2, 0) is 0 Å². The zero-order chi connectivity index (χ0) is 15.9. The van der Waals surface area contributed by atoms with Crippen molar-refractivity contribution >= 4 is 0 Å². The van der Waals surface area contributed by atoms with E-state index in [1.165, 1.54) is 11.1 Å². The summed E-state index contributed by atoms with van der Waals surface area (Å²) in [5.41, 5.74) is 8.40. The van der Waals surface area contributed by atoms with Gasteiger partial charge in [0.25, 0.3) is 0 Å². The molecule has 0 saturated carbocycles. The van der Waals surface area contributed by atoms with Gasteiger partial charge in [-0.3, -0.25) is 0 Å². The highest BCUT2D eigenvalue weighted by molar-refractivity contribution is 5.32. The second-order valence-electron chi connectivity index (χ2n) is 4.30. The van der Waals surface area contributed by atoms with Gasteiger partial charge in [-0.15, -0.1) is 0 Å². The molecule has 0 aliphatic rings. The second-order valence-corrected chi connectivity index (χ2v) is 4.30. The molecule has 0 radical (unpaired) electrons. The van der Waals surface area contributed by atoms with E-state index in [1.54, 1.807) is 0 Å². The maximum Gasteiger partial charge on any atom is 0.00898 e. The first-order chi connectivity index (χ1) is 10.4. The Balaban J connectivity index is 0.000000921. The van der Waals surface area contributed by atoms with Crippen LogP contribution in [0.2, 0.25) is 0 Å². The molecule has 2 rings (SSSR count). The molecule has 116 valence electrons. The predicted octanol–water partition coefficient (Wildman–Crippen LogP) is 5.61. The van der Waals surface area contributed by atoms with Crippen molar-refractivity contribution in [3.63, 3.8) is 0 Å². The summed E-state index contributed by atoms with van der Waals surface area (Å²) in [5, 5.41) is 0. The highest BCUT2D eigenvalue weighted by Crippen LogP contribution is 2.28. The fourth-order valence-corrected chi connectivity index (χ4v) is 2.22. The number of rotatable bonds is 5. The molecule has 0 unspecified atom stereocenters. The summed E-state index contributed by atoms with van der Waals surface area (Å²) in [4.78, 5) is 0. The van der Waals surface area contributed by atoms with Crippen molar-refractivity contribution in [3.05, 3.63) is 71.8 Å². The molecule has 0 aromatic heterocycles. The molecule has 2 N–H and O–H groups in total. The SMILES string of the molecule is CC.CC.NCCCC(c1ccccc1)c1ccccc1. The standard InChI is InChI=1S/C16H19N.2C2H6/c17-13-7-12-16(14-8-3-1-4-9-14)15-10-5-2-6-11-15;2*1-2/h1-6,8-11,16H,7,12-13,17H2;2*1-2H3. The van der Waals surface area contributed by atoms with Crippen molar-refractivity contribution in [1.29, 1.82) is 0 Å². The summed E-state index contributed by atoms with van der Waals surface area (Å²) in [6, 6.07) is 21.4. The van der Waals surface area contributed by atoms with Crippen molar-refractivity contribution in [2.24, 2.45) is 5.73 Å². The first-order valence-corrected chi connectivity index (χ1v) is 8.22. The van der Waals surface area contributed by atoms with Crippen LogP contribution < -0.4 is 5.73 Å². The van der Waals surface area contributed by atoms with Gasteiger partial charge in [-0.2, -0.15) is 0 Å². The maximum atomic E-state index is 5.63. The Kier molecular flexibility index (Phi) is 12.4. The third-order valence-electron chi connectivity index (χ3n) is 3.10. The Labute approximate surface area is 131 Å². The molecule has 1 heteroatoms. The molecule has 0 fully saturated rings. The van der Waals surface area contributed by atoms with Crippen molar-refractivity contribution < 1.29 is 0 Å². The van der Waals surface area contributed by atoms with Crippen LogP contribution in [0.5, 0.6) is 0 Å². The lowest BCUT2D eigenvalue weighted by molar-refractivity contribution is 0.669. The molecule has 0 aliphatic heterocycles. The van der Waals surface area contributed by atoms with Gasteiger partial charge in [0.2, 0.25) is 0 Å². The average molecular weight is 285 g/mol. The largest absolute Gasteiger partial charge is 0.330 e. The van der Waals surface area contributed by atoms with Crippen molar-refractivity contribution in [2.75, 3.05) is 6.54 Å². The van der Waals surface area contributed by atoms with Gasteiger partial charge in [0.1, 0.15) is 0 Å². The lowest BCUT2D eigenvalue weighted by Gasteiger charge is -2.17. The summed E-state index contributed by atoms with van der Waals surface area (Å²) in [6.07, 6.45) is 2.18. The van der Waals surface area contributed by atoms with E-state index in [-0.39, 0.29) is 0 Å². The summed E-state index contributed by atoms with van der Waals surface area (Å²) >= 11 is 0. The monoisotopic (exact) mass is 285 g/mol. The number of benzene rings is 2. The Bertz CT molecular complexity index is 383. The summed E-state index contributed by atoms with van der Waals surface area (Å²) in [5.74, 6) is 0.473. The Morgan fingerprint density at radius 1 is 0.714 bits per heavy atom. The van der Waals surface area contributed by atoms with Crippen LogP contribution >= 0.6 is 0 Å². The number of nitrogens with two attached hydrogens (primary N) is 1. The molecule has 0 heterocycles. The second kappa shape index (κ2) is 13.4. The van der Waals surface area contributed by atoms with Gasteiger partial charge in [0.15, 0.2) is 0 Å².